The maximum Gasteiger partial charge on any atom is 0.158 e. The molecule has 0 saturated heterocycles. The fourth-order valence-electron chi connectivity index (χ4n) is 1.67. The van der Waals surface area contributed by atoms with Gasteiger partial charge in [0.1, 0.15) is 18.2 Å². The standard InChI is InChI=1S/C14H26N4O3/c1-3-15-12-10-13(16-6-5-8-21-9-7-19)18-14(17-12)11-20-4-2/h10,19H,3-9,11H2,1-2H3,(H2,15,16,17,18). The quantitative estimate of drug-likeness (QED) is 0.501. The van der Waals surface area contributed by atoms with Gasteiger partial charge in [0, 0.05) is 32.4 Å². The van der Waals surface area contributed by atoms with E-state index in [-0.39, 0.29) is 6.61 Å². The molecular weight excluding hydrogens is 272 g/mol. The Morgan fingerprint density at radius 3 is 2.52 bits per heavy atom. The van der Waals surface area contributed by atoms with E-state index in [9.17, 15) is 0 Å². The number of hydrogen-bond acceptors (Lipinski definition) is 7. The summed E-state index contributed by atoms with van der Waals surface area (Å²) in [4.78, 5) is 8.81. The van der Waals surface area contributed by atoms with Crippen LogP contribution in [0.5, 0.6) is 0 Å². The van der Waals surface area contributed by atoms with Gasteiger partial charge in [-0.3, -0.25) is 0 Å². The van der Waals surface area contributed by atoms with E-state index in [1.54, 1.807) is 0 Å². The number of aromatic nitrogens is 2. The summed E-state index contributed by atoms with van der Waals surface area (Å²) in [7, 11) is 0. The number of aliphatic hydroxyl groups is 1. The molecular formula is C14H26N4O3. The average Bonchev–Trinajstić information content (AvgIpc) is 2.49. The fourth-order valence-corrected chi connectivity index (χ4v) is 1.67. The summed E-state index contributed by atoms with van der Waals surface area (Å²) in [5.41, 5.74) is 0. The third-order valence-electron chi connectivity index (χ3n) is 2.57. The van der Waals surface area contributed by atoms with E-state index in [0.29, 0.717) is 32.3 Å². The highest BCUT2D eigenvalue weighted by Crippen LogP contribution is 2.12. The third-order valence-corrected chi connectivity index (χ3v) is 2.57. The van der Waals surface area contributed by atoms with Gasteiger partial charge in [-0.15, -0.1) is 0 Å². The predicted molar refractivity (Wildman–Crippen MR) is 82.5 cm³/mol. The van der Waals surface area contributed by atoms with E-state index in [1.807, 2.05) is 19.9 Å². The minimum absolute atomic E-state index is 0.0617. The van der Waals surface area contributed by atoms with Crippen LogP contribution in [0, 0.1) is 0 Å². The first kappa shape index (κ1) is 17.6. The van der Waals surface area contributed by atoms with Crippen LogP contribution in [-0.2, 0) is 16.1 Å². The Morgan fingerprint density at radius 1 is 1.10 bits per heavy atom. The minimum atomic E-state index is 0.0617. The normalized spacial score (nSPS) is 10.6. The lowest BCUT2D eigenvalue weighted by molar-refractivity contribution is 0.0922. The van der Waals surface area contributed by atoms with Gasteiger partial charge in [-0.05, 0) is 20.3 Å². The molecule has 0 fully saturated rings. The molecule has 1 aromatic heterocycles. The van der Waals surface area contributed by atoms with Crippen LogP contribution in [0.15, 0.2) is 6.07 Å². The summed E-state index contributed by atoms with van der Waals surface area (Å²) < 4.78 is 10.6. The molecule has 1 rings (SSSR count). The molecule has 1 aromatic rings. The lowest BCUT2D eigenvalue weighted by atomic mass is 10.4. The number of rotatable bonds is 12. The van der Waals surface area contributed by atoms with Crippen LogP contribution >= 0.6 is 0 Å². The van der Waals surface area contributed by atoms with Crippen molar-refractivity contribution in [1.82, 2.24) is 9.97 Å². The van der Waals surface area contributed by atoms with Crippen molar-refractivity contribution in [1.29, 1.82) is 0 Å². The zero-order valence-corrected chi connectivity index (χ0v) is 12.9. The van der Waals surface area contributed by atoms with Crippen LogP contribution in [0.3, 0.4) is 0 Å². The molecule has 21 heavy (non-hydrogen) atoms. The van der Waals surface area contributed by atoms with Crippen molar-refractivity contribution in [3.05, 3.63) is 11.9 Å². The Morgan fingerprint density at radius 2 is 1.86 bits per heavy atom. The van der Waals surface area contributed by atoms with Crippen LogP contribution in [0.1, 0.15) is 26.1 Å². The van der Waals surface area contributed by atoms with Crippen molar-refractivity contribution in [3.8, 4) is 0 Å². The first-order chi connectivity index (χ1) is 10.3. The lowest BCUT2D eigenvalue weighted by Crippen LogP contribution is -2.11. The summed E-state index contributed by atoms with van der Waals surface area (Å²) in [5, 5.41) is 15.0. The maximum absolute atomic E-state index is 8.61. The molecule has 0 aliphatic heterocycles. The van der Waals surface area contributed by atoms with E-state index in [1.165, 1.54) is 0 Å². The van der Waals surface area contributed by atoms with Crippen molar-refractivity contribution >= 4 is 11.6 Å². The van der Waals surface area contributed by atoms with Crippen molar-refractivity contribution < 1.29 is 14.6 Å². The number of nitrogens with one attached hydrogen (secondary N) is 2. The van der Waals surface area contributed by atoms with Gasteiger partial charge in [-0.1, -0.05) is 0 Å². The van der Waals surface area contributed by atoms with Gasteiger partial charge in [0.05, 0.1) is 13.2 Å². The number of anilines is 2. The van der Waals surface area contributed by atoms with Crippen LogP contribution in [-0.4, -0.2) is 54.6 Å². The van der Waals surface area contributed by atoms with Crippen LogP contribution in [0.25, 0.3) is 0 Å². The molecule has 0 amide bonds. The van der Waals surface area contributed by atoms with Crippen LogP contribution in [0.4, 0.5) is 11.6 Å². The Hall–Kier alpha value is -1.44. The smallest absolute Gasteiger partial charge is 0.158 e. The molecule has 0 aromatic carbocycles. The summed E-state index contributed by atoms with van der Waals surface area (Å²) in [5.74, 6) is 2.23. The third kappa shape index (κ3) is 7.79. The van der Waals surface area contributed by atoms with Crippen molar-refractivity contribution in [3.63, 3.8) is 0 Å². The molecule has 0 atom stereocenters. The van der Waals surface area contributed by atoms with Gasteiger partial charge < -0.3 is 25.2 Å². The van der Waals surface area contributed by atoms with Gasteiger partial charge in [0.2, 0.25) is 0 Å². The van der Waals surface area contributed by atoms with Gasteiger partial charge in [-0.25, -0.2) is 9.97 Å². The molecule has 0 saturated carbocycles. The Balaban J connectivity index is 2.48. The van der Waals surface area contributed by atoms with Gasteiger partial charge >= 0.3 is 0 Å². The fraction of sp³-hybridized carbons (Fsp3) is 0.714. The maximum atomic E-state index is 8.61. The molecule has 0 aliphatic rings. The molecule has 3 N–H and O–H groups in total. The predicted octanol–water partition coefficient (Wildman–Crippen LogP) is 1.26. The number of ether oxygens (including phenoxy) is 2. The second-order valence-corrected chi connectivity index (χ2v) is 4.34. The SMILES string of the molecule is CCNc1cc(NCCCOCCO)nc(COCC)n1. The summed E-state index contributed by atoms with van der Waals surface area (Å²) in [6, 6.07) is 1.88. The second kappa shape index (κ2) is 11.2. The summed E-state index contributed by atoms with van der Waals surface area (Å²) in [6.07, 6.45) is 0.849. The lowest BCUT2D eigenvalue weighted by Gasteiger charge is -2.11. The number of nitrogens with zero attached hydrogens (tertiary/aromatic N) is 2. The van der Waals surface area contributed by atoms with Crippen molar-refractivity contribution in [2.75, 3.05) is 50.2 Å². The molecule has 7 heteroatoms. The van der Waals surface area contributed by atoms with E-state index in [0.717, 1.165) is 31.1 Å². The Kier molecular flexibility index (Phi) is 9.43. The van der Waals surface area contributed by atoms with Crippen molar-refractivity contribution in [2.24, 2.45) is 0 Å². The highest BCUT2D eigenvalue weighted by molar-refractivity contribution is 5.47. The number of aliphatic hydroxyl groups excluding tert-OH is 1. The van der Waals surface area contributed by atoms with E-state index in [4.69, 9.17) is 14.6 Å². The zero-order chi connectivity index (χ0) is 15.3. The largest absolute Gasteiger partial charge is 0.394 e. The zero-order valence-electron chi connectivity index (χ0n) is 12.9. The average molecular weight is 298 g/mol. The van der Waals surface area contributed by atoms with Crippen LogP contribution < -0.4 is 10.6 Å². The van der Waals surface area contributed by atoms with E-state index >= 15 is 0 Å². The molecule has 0 bridgehead atoms. The van der Waals surface area contributed by atoms with Crippen LogP contribution in [0.2, 0.25) is 0 Å². The molecule has 1 heterocycles. The van der Waals surface area contributed by atoms with E-state index in [2.05, 4.69) is 20.6 Å². The molecule has 120 valence electrons. The topological polar surface area (TPSA) is 88.5 Å². The molecule has 0 radical (unpaired) electrons. The highest BCUT2D eigenvalue weighted by Gasteiger charge is 2.04. The molecule has 0 spiro atoms. The first-order valence-corrected chi connectivity index (χ1v) is 7.42. The molecule has 0 aliphatic carbocycles. The van der Waals surface area contributed by atoms with E-state index < -0.39 is 0 Å². The Bertz CT molecular complexity index is 390. The minimum Gasteiger partial charge on any atom is -0.394 e. The molecule has 0 unspecified atom stereocenters. The van der Waals surface area contributed by atoms with Gasteiger partial charge in [-0.2, -0.15) is 0 Å². The van der Waals surface area contributed by atoms with Crippen molar-refractivity contribution in [2.45, 2.75) is 26.9 Å². The highest BCUT2D eigenvalue weighted by atomic mass is 16.5. The molecule has 7 nitrogen and oxygen atoms in total. The van der Waals surface area contributed by atoms with Gasteiger partial charge in [0.15, 0.2) is 5.82 Å². The Labute approximate surface area is 126 Å². The summed E-state index contributed by atoms with van der Waals surface area (Å²) >= 11 is 0. The second-order valence-electron chi connectivity index (χ2n) is 4.34. The summed E-state index contributed by atoms with van der Waals surface area (Å²) in [6.45, 7) is 7.63. The van der Waals surface area contributed by atoms with Gasteiger partial charge in [0.25, 0.3) is 0 Å². The monoisotopic (exact) mass is 298 g/mol. The first-order valence-electron chi connectivity index (χ1n) is 7.42. The number of hydrogen-bond donors (Lipinski definition) is 3.